The normalized spacial score (nSPS) is 11.8. The number of hydrogen-bond acceptors (Lipinski definition) is 4. The summed E-state index contributed by atoms with van der Waals surface area (Å²) in [6.07, 6.45) is -0.568. The van der Waals surface area contributed by atoms with Crippen molar-refractivity contribution in [3.63, 3.8) is 0 Å². The van der Waals surface area contributed by atoms with Crippen LogP contribution in [0, 0.1) is 0 Å². The molecule has 0 fully saturated rings. The van der Waals surface area contributed by atoms with Crippen molar-refractivity contribution in [2.24, 2.45) is 0 Å². The van der Waals surface area contributed by atoms with Gasteiger partial charge in [0.1, 0.15) is 0 Å². The first-order valence-corrected chi connectivity index (χ1v) is 6.38. The van der Waals surface area contributed by atoms with Crippen molar-refractivity contribution in [1.29, 1.82) is 0 Å². The van der Waals surface area contributed by atoms with Gasteiger partial charge in [0.05, 0.1) is 7.11 Å². The zero-order chi connectivity index (χ0) is 14.3. The summed E-state index contributed by atoms with van der Waals surface area (Å²) in [7, 11) is 3.17. The molecule has 0 aliphatic heterocycles. The molecule has 1 rings (SSSR count). The summed E-state index contributed by atoms with van der Waals surface area (Å²) in [5.74, 6) is 1.08. The van der Waals surface area contributed by atoms with Crippen molar-refractivity contribution in [3.8, 4) is 11.5 Å². The highest BCUT2D eigenvalue weighted by atomic mass is 16.5. The van der Waals surface area contributed by atoms with Gasteiger partial charge in [-0.25, -0.2) is 0 Å². The Labute approximate surface area is 114 Å². The molecule has 0 saturated heterocycles. The van der Waals surface area contributed by atoms with E-state index in [4.69, 9.17) is 9.47 Å². The molecule has 2 N–H and O–H groups in total. The van der Waals surface area contributed by atoms with Crippen molar-refractivity contribution in [3.05, 3.63) is 23.8 Å². The van der Waals surface area contributed by atoms with Crippen LogP contribution in [0.15, 0.2) is 18.2 Å². The lowest BCUT2D eigenvalue weighted by atomic mass is 10.1. The van der Waals surface area contributed by atoms with Crippen LogP contribution in [0.4, 0.5) is 0 Å². The molecule has 0 bridgehead atoms. The van der Waals surface area contributed by atoms with Crippen LogP contribution in [0.2, 0.25) is 0 Å². The third kappa shape index (κ3) is 4.13. The zero-order valence-electron chi connectivity index (χ0n) is 11.9. The van der Waals surface area contributed by atoms with Gasteiger partial charge in [-0.3, -0.25) is 4.79 Å². The van der Waals surface area contributed by atoms with E-state index in [1.165, 1.54) is 0 Å². The number of rotatable bonds is 7. The van der Waals surface area contributed by atoms with Crippen LogP contribution >= 0.6 is 0 Å². The Balaban J connectivity index is 2.97. The highest BCUT2D eigenvalue weighted by Crippen LogP contribution is 2.31. The Morgan fingerprint density at radius 3 is 2.74 bits per heavy atom. The minimum absolute atomic E-state index is 0.166. The molecule has 0 heterocycles. The van der Waals surface area contributed by atoms with Crippen molar-refractivity contribution in [1.82, 2.24) is 10.6 Å². The van der Waals surface area contributed by atoms with Gasteiger partial charge in [-0.1, -0.05) is 19.1 Å². The molecule has 0 saturated carbocycles. The van der Waals surface area contributed by atoms with E-state index in [0.717, 1.165) is 12.1 Å². The van der Waals surface area contributed by atoms with Crippen LogP contribution < -0.4 is 20.1 Å². The molecule has 0 aromatic heterocycles. The number of ether oxygens (including phenoxy) is 2. The van der Waals surface area contributed by atoms with Crippen molar-refractivity contribution in [2.75, 3.05) is 20.7 Å². The van der Waals surface area contributed by atoms with Crippen molar-refractivity contribution in [2.45, 2.75) is 26.5 Å². The van der Waals surface area contributed by atoms with Gasteiger partial charge in [-0.2, -0.15) is 0 Å². The fourth-order valence-corrected chi connectivity index (χ4v) is 1.69. The van der Waals surface area contributed by atoms with Gasteiger partial charge in [0, 0.05) is 19.2 Å². The molecule has 0 aliphatic carbocycles. The molecule has 1 aromatic rings. The Hall–Kier alpha value is -1.75. The number of nitrogens with one attached hydrogen (secondary N) is 2. The van der Waals surface area contributed by atoms with Crippen LogP contribution in [-0.2, 0) is 11.3 Å². The molecule has 1 aromatic carbocycles. The van der Waals surface area contributed by atoms with E-state index in [1.807, 2.05) is 25.1 Å². The number of likely N-dealkylation sites (N-methyl/N-ethyl adjacent to an activating group) is 1. The second-order valence-electron chi connectivity index (χ2n) is 4.10. The predicted octanol–water partition coefficient (Wildman–Crippen LogP) is 1.32. The fraction of sp³-hybridized carbons (Fsp3) is 0.500. The van der Waals surface area contributed by atoms with E-state index in [0.29, 0.717) is 18.0 Å². The Morgan fingerprint density at radius 1 is 1.42 bits per heavy atom. The molecule has 5 nitrogen and oxygen atoms in total. The smallest absolute Gasteiger partial charge is 0.260 e. The summed E-state index contributed by atoms with van der Waals surface area (Å²) in [6.45, 7) is 5.28. The van der Waals surface area contributed by atoms with E-state index in [-0.39, 0.29) is 5.91 Å². The lowest BCUT2D eigenvalue weighted by molar-refractivity contribution is -0.126. The topological polar surface area (TPSA) is 59.6 Å². The van der Waals surface area contributed by atoms with Gasteiger partial charge in [0.25, 0.3) is 5.91 Å². The molecular formula is C14H22N2O3. The Bertz CT molecular complexity index is 421. The van der Waals surface area contributed by atoms with Crippen molar-refractivity contribution >= 4 is 5.91 Å². The summed E-state index contributed by atoms with van der Waals surface area (Å²) < 4.78 is 11.0. The minimum atomic E-state index is -0.568. The first-order chi connectivity index (χ1) is 9.13. The summed E-state index contributed by atoms with van der Waals surface area (Å²) in [6, 6.07) is 5.68. The summed E-state index contributed by atoms with van der Waals surface area (Å²) in [5.41, 5.74) is 0.969. The molecule has 1 unspecified atom stereocenters. The van der Waals surface area contributed by atoms with Crippen LogP contribution in [-0.4, -0.2) is 32.7 Å². The van der Waals surface area contributed by atoms with E-state index >= 15 is 0 Å². The summed E-state index contributed by atoms with van der Waals surface area (Å²) in [4.78, 5) is 11.5. The molecule has 106 valence electrons. The predicted molar refractivity (Wildman–Crippen MR) is 74.5 cm³/mol. The molecule has 0 aliphatic rings. The van der Waals surface area contributed by atoms with Crippen LogP contribution in [0.3, 0.4) is 0 Å². The molecule has 0 radical (unpaired) electrons. The Kier molecular flexibility index (Phi) is 6.15. The average Bonchev–Trinajstić information content (AvgIpc) is 2.44. The first-order valence-electron chi connectivity index (χ1n) is 6.38. The monoisotopic (exact) mass is 266 g/mol. The van der Waals surface area contributed by atoms with Crippen LogP contribution in [0.5, 0.6) is 11.5 Å². The van der Waals surface area contributed by atoms with Gasteiger partial charge in [0.2, 0.25) is 0 Å². The maximum absolute atomic E-state index is 11.5. The number of para-hydroxylation sites is 1. The van der Waals surface area contributed by atoms with E-state index in [9.17, 15) is 4.79 Å². The minimum Gasteiger partial charge on any atom is -0.493 e. The van der Waals surface area contributed by atoms with Gasteiger partial charge in [-0.15, -0.1) is 0 Å². The van der Waals surface area contributed by atoms with E-state index < -0.39 is 6.10 Å². The SMILES string of the molecule is CCNCc1cccc(OC)c1OC(C)C(=O)NC. The number of hydrogen-bond donors (Lipinski definition) is 2. The molecule has 5 heteroatoms. The molecular weight excluding hydrogens is 244 g/mol. The standard InChI is InChI=1S/C14H22N2O3/c1-5-16-9-11-7-6-8-12(18-4)13(11)19-10(2)14(17)15-3/h6-8,10,16H,5,9H2,1-4H3,(H,15,17). The third-order valence-corrected chi connectivity index (χ3v) is 2.76. The number of benzene rings is 1. The Morgan fingerprint density at radius 2 is 2.16 bits per heavy atom. The largest absolute Gasteiger partial charge is 0.493 e. The van der Waals surface area contributed by atoms with Gasteiger partial charge < -0.3 is 20.1 Å². The van der Waals surface area contributed by atoms with Gasteiger partial charge in [0.15, 0.2) is 17.6 Å². The van der Waals surface area contributed by atoms with E-state index in [2.05, 4.69) is 10.6 Å². The van der Waals surface area contributed by atoms with E-state index in [1.54, 1.807) is 21.1 Å². The molecule has 1 amide bonds. The maximum Gasteiger partial charge on any atom is 0.260 e. The third-order valence-electron chi connectivity index (χ3n) is 2.76. The lowest BCUT2D eigenvalue weighted by Gasteiger charge is -2.19. The number of amides is 1. The van der Waals surface area contributed by atoms with Crippen LogP contribution in [0.1, 0.15) is 19.4 Å². The van der Waals surface area contributed by atoms with Gasteiger partial charge in [-0.05, 0) is 19.5 Å². The second kappa shape index (κ2) is 7.63. The maximum atomic E-state index is 11.5. The molecule has 1 atom stereocenters. The number of carbonyl (C=O) groups is 1. The highest BCUT2D eigenvalue weighted by Gasteiger charge is 2.18. The lowest BCUT2D eigenvalue weighted by Crippen LogP contribution is -2.34. The highest BCUT2D eigenvalue weighted by molar-refractivity contribution is 5.80. The zero-order valence-corrected chi connectivity index (χ0v) is 11.9. The fourth-order valence-electron chi connectivity index (χ4n) is 1.69. The first kappa shape index (κ1) is 15.3. The van der Waals surface area contributed by atoms with Gasteiger partial charge >= 0.3 is 0 Å². The second-order valence-corrected chi connectivity index (χ2v) is 4.10. The van der Waals surface area contributed by atoms with Crippen LogP contribution in [0.25, 0.3) is 0 Å². The molecule has 19 heavy (non-hydrogen) atoms. The number of methoxy groups -OCH3 is 1. The summed E-state index contributed by atoms with van der Waals surface area (Å²) >= 11 is 0. The average molecular weight is 266 g/mol. The quantitative estimate of drug-likeness (QED) is 0.781. The number of carbonyl (C=O) groups excluding carboxylic acids is 1. The molecule has 0 spiro atoms. The summed E-state index contributed by atoms with van der Waals surface area (Å²) in [5, 5.41) is 5.80. The van der Waals surface area contributed by atoms with Crippen molar-refractivity contribution < 1.29 is 14.3 Å².